The molecule has 3 rings (SSSR count). The second-order valence-electron chi connectivity index (χ2n) is 6.85. The number of carbonyl (C=O) groups is 1. The van der Waals surface area contributed by atoms with Gasteiger partial charge in [-0.05, 0) is 55.8 Å². The van der Waals surface area contributed by atoms with E-state index in [1.165, 1.54) is 12.1 Å². The lowest BCUT2D eigenvalue weighted by atomic mass is 10.2. The van der Waals surface area contributed by atoms with E-state index in [4.69, 9.17) is 0 Å². The van der Waals surface area contributed by atoms with E-state index in [2.05, 4.69) is 10.0 Å². The highest BCUT2D eigenvalue weighted by molar-refractivity contribution is 7.92. The third kappa shape index (κ3) is 5.39. The molecule has 0 saturated carbocycles. The van der Waals surface area contributed by atoms with Crippen LogP contribution >= 0.6 is 0 Å². The largest absolute Gasteiger partial charge is 0.362 e. The Hall–Kier alpha value is -3.32. The van der Waals surface area contributed by atoms with Gasteiger partial charge in [0.15, 0.2) is 0 Å². The number of amides is 1. The molecule has 0 aliphatic carbocycles. The minimum atomic E-state index is -3.71. The lowest BCUT2D eigenvalue weighted by Gasteiger charge is -2.22. The van der Waals surface area contributed by atoms with Crippen molar-refractivity contribution >= 4 is 33.0 Å². The molecule has 2 N–H and O–H groups in total. The van der Waals surface area contributed by atoms with Gasteiger partial charge < -0.3 is 10.2 Å². The fourth-order valence-corrected chi connectivity index (χ4v) is 4.15. The van der Waals surface area contributed by atoms with Crippen LogP contribution in [0.2, 0.25) is 0 Å². The molecule has 7 heteroatoms. The average molecular weight is 424 g/mol. The average Bonchev–Trinajstić information content (AvgIpc) is 2.75. The summed E-state index contributed by atoms with van der Waals surface area (Å²) < 4.78 is 27.9. The molecule has 1 amide bonds. The highest BCUT2D eigenvalue weighted by Gasteiger charge is 2.16. The predicted octanol–water partition coefficient (Wildman–Crippen LogP) is 4.26. The minimum absolute atomic E-state index is 0.179. The van der Waals surface area contributed by atoms with Crippen LogP contribution in [0.3, 0.4) is 0 Å². The van der Waals surface area contributed by atoms with Gasteiger partial charge in [0.25, 0.3) is 10.0 Å². The topological polar surface area (TPSA) is 78.5 Å². The van der Waals surface area contributed by atoms with Gasteiger partial charge >= 0.3 is 0 Å². The van der Waals surface area contributed by atoms with E-state index in [9.17, 15) is 13.2 Å². The number of nitrogens with zero attached hydrogens (tertiary/aromatic N) is 1. The Morgan fingerprint density at radius 3 is 2.20 bits per heavy atom. The molecule has 30 heavy (non-hydrogen) atoms. The van der Waals surface area contributed by atoms with Crippen LogP contribution in [0.15, 0.2) is 83.8 Å². The standard InChI is InChI=1S/C23H25N3O3S/c1-3-26(20-10-6-4-7-11-20)17-23(27)24-19-15-14-18(2)22(16-19)25-30(28,29)21-12-8-5-9-13-21/h4-16,25H,3,17H2,1-2H3,(H,24,27). The number of likely N-dealkylation sites (N-methyl/N-ethyl adjacent to an activating group) is 1. The number of hydrogen-bond acceptors (Lipinski definition) is 4. The van der Waals surface area contributed by atoms with Crippen molar-refractivity contribution < 1.29 is 13.2 Å². The molecule has 0 aliphatic heterocycles. The fraction of sp³-hybridized carbons (Fsp3) is 0.174. The van der Waals surface area contributed by atoms with E-state index in [1.807, 2.05) is 49.1 Å². The molecule has 3 aromatic rings. The number of aryl methyl sites for hydroxylation is 1. The van der Waals surface area contributed by atoms with Gasteiger partial charge in [-0.1, -0.05) is 42.5 Å². The van der Waals surface area contributed by atoms with Gasteiger partial charge in [-0.25, -0.2) is 8.42 Å². The zero-order valence-corrected chi connectivity index (χ0v) is 17.8. The van der Waals surface area contributed by atoms with E-state index in [0.717, 1.165) is 11.3 Å². The SMILES string of the molecule is CCN(CC(=O)Nc1ccc(C)c(NS(=O)(=O)c2ccccc2)c1)c1ccccc1. The summed E-state index contributed by atoms with van der Waals surface area (Å²) in [7, 11) is -3.71. The van der Waals surface area contributed by atoms with Crippen molar-refractivity contribution in [2.75, 3.05) is 28.0 Å². The van der Waals surface area contributed by atoms with E-state index >= 15 is 0 Å². The maximum Gasteiger partial charge on any atom is 0.261 e. The number of benzene rings is 3. The molecule has 0 aromatic heterocycles. The molecule has 0 saturated heterocycles. The van der Waals surface area contributed by atoms with Gasteiger partial charge in [0.1, 0.15) is 0 Å². The number of para-hydroxylation sites is 1. The molecule has 0 unspecified atom stereocenters. The van der Waals surface area contributed by atoms with Crippen LogP contribution in [0, 0.1) is 6.92 Å². The minimum Gasteiger partial charge on any atom is -0.362 e. The molecule has 0 bridgehead atoms. The van der Waals surface area contributed by atoms with Crippen LogP contribution in [0.4, 0.5) is 17.1 Å². The van der Waals surface area contributed by atoms with Gasteiger partial charge in [-0.3, -0.25) is 9.52 Å². The van der Waals surface area contributed by atoms with Crippen LogP contribution in [0.5, 0.6) is 0 Å². The Morgan fingerprint density at radius 1 is 0.933 bits per heavy atom. The quantitative estimate of drug-likeness (QED) is 0.567. The van der Waals surface area contributed by atoms with Crippen molar-refractivity contribution in [1.29, 1.82) is 0 Å². The number of carbonyl (C=O) groups excluding carboxylic acids is 1. The Balaban J connectivity index is 1.73. The number of rotatable bonds is 8. The molecule has 3 aromatic carbocycles. The summed E-state index contributed by atoms with van der Waals surface area (Å²) in [5.41, 5.74) is 2.68. The summed E-state index contributed by atoms with van der Waals surface area (Å²) in [4.78, 5) is 14.7. The molecule has 0 spiro atoms. The van der Waals surface area contributed by atoms with Crippen molar-refractivity contribution in [3.05, 3.63) is 84.4 Å². The van der Waals surface area contributed by atoms with E-state index < -0.39 is 10.0 Å². The Morgan fingerprint density at radius 2 is 1.57 bits per heavy atom. The maximum absolute atomic E-state index is 12.6. The highest BCUT2D eigenvalue weighted by Crippen LogP contribution is 2.24. The second-order valence-corrected chi connectivity index (χ2v) is 8.53. The maximum atomic E-state index is 12.6. The number of anilines is 3. The third-order valence-corrected chi connectivity index (χ3v) is 6.04. The van der Waals surface area contributed by atoms with Gasteiger partial charge in [0.05, 0.1) is 17.1 Å². The van der Waals surface area contributed by atoms with Crippen LogP contribution in [0.25, 0.3) is 0 Å². The normalized spacial score (nSPS) is 11.0. The monoisotopic (exact) mass is 423 g/mol. The van der Waals surface area contributed by atoms with Gasteiger partial charge in [-0.15, -0.1) is 0 Å². The van der Waals surface area contributed by atoms with Crippen LogP contribution in [-0.2, 0) is 14.8 Å². The lowest BCUT2D eigenvalue weighted by Crippen LogP contribution is -2.33. The van der Waals surface area contributed by atoms with Crippen molar-refractivity contribution in [3.8, 4) is 0 Å². The number of nitrogens with one attached hydrogen (secondary N) is 2. The lowest BCUT2D eigenvalue weighted by molar-refractivity contribution is -0.115. The van der Waals surface area contributed by atoms with Crippen LogP contribution in [-0.4, -0.2) is 27.4 Å². The Labute approximate surface area is 177 Å². The summed E-state index contributed by atoms with van der Waals surface area (Å²) >= 11 is 0. The van der Waals surface area contributed by atoms with Crippen LogP contribution in [0.1, 0.15) is 12.5 Å². The highest BCUT2D eigenvalue weighted by atomic mass is 32.2. The molecular weight excluding hydrogens is 398 g/mol. The third-order valence-electron chi connectivity index (χ3n) is 4.66. The molecule has 0 heterocycles. The zero-order valence-electron chi connectivity index (χ0n) is 17.0. The first-order chi connectivity index (χ1) is 14.4. The van der Waals surface area contributed by atoms with Crippen LogP contribution < -0.4 is 14.9 Å². The summed E-state index contributed by atoms with van der Waals surface area (Å²) in [6, 6.07) is 23.0. The van der Waals surface area contributed by atoms with Crippen molar-refractivity contribution in [2.24, 2.45) is 0 Å². The number of sulfonamides is 1. The Bertz CT molecular complexity index is 1100. The van der Waals surface area contributed by atoms with Crippen molar-refractivity contribution in [1.82, 2.24) is 0 Å². The van der Waals surface area contributed by atoms with Gasteiger partial charge in [-0.2, -0.15) is 0 Å². The van der Waals surface area contributed by atoms with Gasteiger partial charge in [0.2, 0.25) is 5.91 Å². The molecule has 0 fully saturated rings. The second kappa shape index (κ2) is 9.45. The Kier molecular flexibility index (Phi) is 6.74. The first-order valence-corrected chi connectivity index (χ1v) is 11.2. The number of hydrogen-bond donors (Lipinski definition) is 2. The summed E-state index contributed by atoms with van der Waals surface area (Å²) in [6.07, 6.45) is 0. The molecule has 6 nitrogen and oxygen atoms in total. The van der Waals surface area contributed by atoms with Crippen molar-refractivity contribution in [3.63, 3.8) is 0 Å². The molecule has 0 atom stereocenters. The van der Waals surface area contributed by atoms with Crippen molar-refractivity contribution in [2.45, 2.75) is 18.7 Å². The smallest absolute Gasteiger partial charge is 0.261 e. The molecule has 0 radical (unpaired) electrons. The summed E-state index contributed by atoms with van der Waals surface area (Å²) in [5, 5.41) is 2.85. The summed E-state index contributed by atoms with van der Waals surface area (Å²) in [6.45, 7) is 4.68. The van der Waals surface area contributed by atoms with E-state index in [0.29, 0.717) is 17.9 Å². The van der Waals surface area contributed by atoms with Gasteiger partial charge in [0, 0.05) is 17.9 Å². The molecule has 156 valence electrons. The molecular formula is C23H25N3O3S. The van der Waals surface area contributed by atoms with E-state index in [-0.39, 0.29) is 17.3 Å². The molecule has 0 aliphatic rings. The first-order valence-electron chi connectivity index (χ1n) is 9.67. The summed E-state index contributed by atoms with van der Waals surface area (Å²) in [5.74, 6) is -0.179. The fourth-order valence-electron chi connectivity index (χ4n) is 3.01. The van der Waals surface area contributed by atoms with E-state index in [1.54, 1.807) is 36.4 Å². The predicted molar refractivity (Wildman–Crippen MR) is 121 cm³/mol. The first kappa shape index (κ1) is 21.4. The zero-order chi connectivity index (χ0) is 21.6.